The monoisotopic (exact) mass is 339 g/mol. The SMILES string of the molecule is CCC1CCCCCN1c1ccc(/C(N)=N/O)c(Br)c1. The lowest BCUT2D eigenvalue weighted by atomic mass is 10.1. The summed E-state index contributed by atoms with van der Waals surface area (Å²) in [6.07, 6.45) is 6.31. The fourth-order valence-corrected chi connectivity index (χ4v) is 3.46. The Labute approximate surface area is 128 Å². The van der Waals surface area contributed by atoms with E-state index in [1.54, 1.807) is 0 Å². The fourth-order valence-electron chi connectivity index (χ4n) is 2.89. The first kappa shape index (κ1) is 15.2. The average molecular weight is 340 g/mol. The molecule has 1 heterocycles. The van der Waals surface area contributed by atoms with Crippen LogP contribution in [0.4, 0.5) is 5.69 Å². The van der Waals surface area contributed by atoms with E-state index >= 15 is 0 Å². The summed E-state index contributed by atoms with van der Waals surface area (Å²) in [4.78, 5) is 2.49. The molecule has 0 amide bonds. The summed E-state index contributed by atoms with van der Waals surface area (Å²) in [5, 5.41) is 11.8. The lowest BCUT2D eigenvalue weighted by molar-refractivity contribution is 0.318. The van der Waals surface area contributed by atoms with Crippen LogP contribution in [-0.4, -0.2) is 23.6 Å². The summed E-state index contributed by atoms with van der Waals surface area (Å²) < 4.78 is 0.865. The van der Waals surface area contributed by atoms with Gasteiger partial charge < -0.3 is 15.8 Å². The van der Waals surface area contributed by atoms with Crippen LogP contribution >= 0.6 is 15.9 Å². The molecule has 1 saturated heterocycles. The lowest BCUT2D eigenvalue weighted by Crippen LogP contribution is -2.34. The van der Waals surface area contributed by atoms with Crippen LogP contribution < -0.4 is 10.6 Å². The van der Waals surface area contributed by atoms with Crippen LogP contribution in [0.2, 0.25) is 0 Å². The number of oxime groups is 1. The second-order valence-corrected chi connectivity index (χ2v) is 6.11. The van der Waals surface area contributed by atoms with Gasteiger partial charge >= 0.3 is 0 Å². The summed E-state index contributed by atoms with van der Waals surface area (Å²) in [6.45, 7) is 3.36. The molecule has 110 valence electrons. The van der Waals surface area contributed by atoms with Gasteiger partial charge in [0, 0.05) is 28.3 Å². The Hall–Kier alpha value is -1.23. The molecular formula is C15H22BrN3O. The van der Waals surface area contributed by atoms with E-state index in [4.69, 9.17) is 10.9 Å². The molecule has 1 atom stereocenters. The summed E-state index contributed by atoms with van der Waals surface area (Å²) in [7, 11) is 0. The Morgan fingerprint density at radius 1 is 1.45 bits per heavy atom. The third-order valence-corrected chi connectivity index (χ3v) is 4.67. The predicted octanol–water partition coefficient (Wildman–Crippen LogP) is 3.70. The first-order valence-electron chi connectivity index (χ1n) is 7.21. The van der Waals surface area contributed by atoms with Gasteiger partial charge in [0.1, 0.15) is 0 Å². The number of rotatable bonds is 3. The largest absolute Gasteiger partial charge is 0.409 e. The van der Waals surface area contributed by atoms with E-state index < -0.39 is 0 Å². The summed E-state index contributed by atoms with van der Waals surface area (Å²) in [5.74, 6) is 0.131. The maximum atomic E-state index is 8.78. The molecule has 1 aromatic carbocycles. The molecule has 4 nitrogen and oxygen atoms in total. The standard InChI is InChI=1S/C15H22BrN3O/c1-2-11-6-4-3-5-9-19(11)12-7-8-13(14(16)10-12)15(17)18-20/h7-8,10-11,20H,2-6,9H2,1H3,(H2,17,18). The molecule has 1 aliphatic rings. The molecule has 1 unspecified atom stereocenters. The normalized spacial score (nSPS) is 20.8. The van der Waals surface area contributed by atoms with Crippen molar-refractivity contribution in [3.8, 4) is 0 Å². The number of nitrogens with zero attached hydrogens (tertiary/aromatic N) is 2. The molecule has 1 aromatic rings. The summed E-state index contributed by atoms with van der Waals surface area (Å²) >= 11 is 3.52. The number of benzene rings is 1. The molecule has 0 bridgehead atoms. The highest BCUT2D eigenvalue weighted by Crippen LogP contribution is 2.29. The third-order valence-electron chi connectivity index (χ3n) is 4.02. The number of nitrogens with two attached hydrogens (primary N) is 1. The predicted molar refractivity (Wildman–Crippen MR) is 86.5 cm³/mol. The second-order valence-electron chi connectivity index (χ2n) is 5.25. The van der Waals surface area contributed by atoms with Crippen molar-refractivity contribution in [2.45, 2.75) is 45.1 Å². The van der Waals surface area contributed by atoms with E-state index in [9.17, 15) is 0 Å². The van der Waals surface area contributed by atoms with Crippen molar-refractivity contribution >= 4 is 27.5 Å². The maximum Gasteiger partial charge on any atom is 0.171 e. The van der Waals surface area contributed by atoms with Gasteiger partial charge in [-0.2, -0.15) is 0 Å². The van der Waals surface area contributed by atoms with Gasteiger partial charge in [-0.1, -0.05) is 24.9 Å². The van der Waals surface area contributed by atoms with Crippen LogP contribution in [0.25, 0.3) is 0 Å². The van der Waals surface area contributed by atoms with Crippen molar-refractivity contribution in [3.05, 3.63) is 28.2 Å². The minimum atomic E-state index is 0.131. The highest BCUT2D eigenvalue weighted by atomic mass is 79.9. The minimum Gasteiger partial charge on any atom is -0.409 e. The molecular weight excluding hydrogens is 318 g/mol. The van der Waals surface area contributed by atoms with E-state index in [-0.39, 0.29) is 5.84 Å². The Balaban J connectivity index is 2.29. The maximum absolute atomic E-state index is 8.78. The minimum absolute atomic E-state index is 0.131. The van der Waals surface area contributed by atoms with Crippen LogP contribution in [0.15, 0.2) is 27.8 Å². The molecule has 3 N–H and O–H groups in total. The van der Waals surface area contributed by atoms with Gasteiger partial charge in [0.05, 0.1) is 0 Å². The van der Waals surface area contributed by atoms with Crippen molar-refractivity contribution in [1.29, 1.82) is 0 Å². The van der Waals surface area contributed by atoms with E-state index in [0.717, 1.165) is 16.6 Å². The molecule has 0 aromatic heterocycles. The van der Waals surface area contributed by atoms with Crippen LogP contribution in [-0.2, 0) is 0 Å². The highest BCUT2D eigenvalue weighted by Gasteiger charge is 2.20. The van der Waals surface area contributed by atoms with Gasteiger partial charge in [-0.05, 0) is 53.4 Å². The third kappa shape index (κ3) is 3.26. The van der Waals surface area contributed by atoms with Crippen molar-refractivity contribution in [1.82, 2.24) is 0 Å². The highest BCUT2D eigenvalue weighted by molar-refractivity contribution is 9.10. The van der Waals surface area contributed by atoms with E-state index in [0.29, 0.717) is 6.04 Å². The summed E-state index contributed by atoms with van der Waals surface area (Å²) in [5.41, 5.74) is 7.59. The molecule has 0 saturated carbocycles. The first-order valence-corrected chi connectivity index (χ1v) is 8.00. The van der Waals surface area contributed by atoms with Crippen molar-refractivity contribution in [3.63, 3.8) is 0 Å². The van der Waals surface area contributed by atoms with Gasteiger partial charge in [-0.25, -0.2) is 0 Å². The zero-order chi connectivity index (χ0) is 14.5. The molecule has 1 fully saturated rings. The molecule has 2 rings (SSSR count). The van der Waals surface area contributed by atoms with Gasteiger partial charge in [-0.3, -0.25) is 0 Å². The molecule has 0 radical (unpaired) electrons. The smallest absolute Gasteiger partial charge is 0.171 e. The van der Waals surface area contributed by atoms with Crippen LogP contribution in [0, 0.1) is 0 Å². The van der Waals surface area contributed by atoms with E-state index in [1.807, 2.05) is 6.07 Å². The van der Waals surface area contributed by atoms with E-state index in [1.165, 1.54) is 37.8 Å². The fraction of sp³-hybridized carbons (Fsp3) is 0.533. The zero-order valence-electron chi connectivity index (χ0n) is 11.8. The lowest BCUT2D eigenvalue weighted by Gasteiger charge is -2.31. The van der Waals surface area contributed by atoms with Crippen molar-refractivity contribution in [2.75, 3.05) is 11.4 Å². The topological polar surface area (TPSA) is 61.8 Å². The quantitative estimate of drug-likeness (QED) is 0.382. The van der Waals surface area contributed by atoms with Gasteiger partial charge in [0.15, 0.2) is 5.84 Å². The number of anilines is 1. The Bertz CT molecular complexity index is 490. The van der Waals surface area contributed by atoms with Gasteiger partial charge in [-0.15, -0.1) is 0 Å². The number of halogens is 1. The average Bonchev–Trinajstić information content (AvgIpc) is 2.71. The van der Waals surface area contributed by atoms with Gasteiger partial charge in [0.2, 0.25) is 0 Å². The van der Waals surface area contributed by atoms with Crippen LogP contribution in [0.1, 0.15) is 44.6 Å². The zero-order valence-corrected chi connectivity index (χ0v) is 13.4. The number of hydrogen-bond donors (Lipinski definition) is 2. The number of hydrogen-bond acceptors (Lipinski definition) is 3. The van der Waals surface area contributed by atoms with Crippen LogP contribution in [0.3, 0.4) is 0 Å². The molecule has 1 aliphatic heterocycles. The molecule has 0 aliphatic carbocycles. The first-order chi connectivity index (χ1) is 9.67. The van der Waals surface area contributed by atoms with Crippen LogP contribution in [0.5, 0.6) is 0 Å². The van der Waals surface area contributed by atoms with Crippen molar-refractivity contribution in [2.24, 2.45) is 10.9 Å². The molecule has 0 spiro atoms. The Morgan fingerprint density at radius 3 is 2.90 bits per heavy atom. The van der Waals surface area contributed by atoms with Gasteiger partial charge in [0.25, 0.3) is 0 Å². The Kier molecular flexibility index (Phi) is 5.29. The number of amidine groups is 1. The second kappa shape index (κ2) is 6.97. The van der Waals surface area contributed by atoms with E-state index in [2.05, 4.69) is 45.0 Å². The molecule has 5 heteroatoms. The van der Waals surface area contributed by atoms with Crippen molar-refractivity contribution < 1.29 is 5.21 Å². The summed E-state index contributed by atoms with van der Waals surface area (Å²) in [6, 6.07) is 6.65. The molecule has 20 heavy (non-hydrogen) atoms. The Morgan fingerprint density at radius 2 is 2.25 bits per heavy atom.